The first-order valence-corrected chi connectivity index (χ1v) is 3.33. The number of ketones is 1. The van der Waals surface area contributed by atoms with E-state index in [9.17, 15) is 13.3 Å². The zero-order chi connectivity index (χ0) is 7.28. The van der Waals surface area contributed by atoms with E-state index in [4.69, 9.17) is 0 Å². The fourth-order valence-electron chi connectivity index (χ4n) is 0.277. The zero-order valence-electron chi connectivity index (χ0n) is 4.79. The number of hydrogen-bond donors (Lipinski definition) is 0. The molecule has 0 saturated carbocycles. The van der Waals surface area contributed by atoms with E-state index in [-0.39, 0.29) is 12.2 Å². The van der Waals surface area contributed by atoms with Crippen LogP contribution in [0, 0.1) is 0 Å². The number of carbonyl (C=O) groups is 2. The van der Waals surface area contributed by atoms with Crippen LogP contribution in [-0.2, 0) is 33.5 Å². The van der Waals surface area contributed by atoms with Gasteiger partial charge in [0, 0.05) is 0 Å². The van der Waals surface area contributed by atoms with E-state index in [0.29, 0.717) is 0 Å². The van der Waals surface area contributed by atoms with Gasteiger partial charge in [0.1, 0.15) is 0 Å². The predicted molar refractivity (Wildman–Crippen MR) is 22.1 cm³/mol. The third-order valence-corrected chi connectivity index (χ3v) is 0.967. The third-order valence-electron chi connectivity index (χ3n) is 0.532. The molecule has 0 aliphatic carbocycles. The topological polar surface area (TPSA) is 60.4 Å². The van der Waals surface area contributed by atoms with Gasteiger partial charge in [0.2, 0.25) is 0 Å². The number of rotatable bonds is 3. The molecule has 0 spiro atoms. The van der Waals surface area contributed by atoms with Gasteiger partial charge in [0.25, 0.3) is 0 Å². The summed E-state index contributed by atoms with van der Waals surface area (Å²) < 4.78 is 13.7. The molecule has 0 aromatic heterocycles. The molecule has 9 heavy (non-hydrogen) atoms. The molecule has 50 valence electrons. The summed E-state index contributed by atoms with van der Waals surface area (Å²) in [6, 6.07) is 0. The molecule has 0 bridgehead atoms. The summed E-state index contributed by atoms with van der Waals surface area (Å²) in [5.74, 6) is -0.993. The van der Waals surface area contributed by atoms with Crippen LogP contribution in [0.25, 0.3) is 0 Å². The molecule has 5 heteroatoms. The normalized spacial score (nSPS) is 8.11. The SMILES string of the molecule is CC(=O)CC(=O)[O][V]=[O]. The minimum atomic E-state index is -1.60. The van der Waals surface area contributed by atoms with Crippen LogP contribution in [0.5, 0.6) is 0 Å². The van der Waals surface area contributed by atoms with E-state index in [2.05, 4.69) is 3.66 Å². The fourth-order valence-corrected chi connectivity index (χ4v) is 0.508. The standard InChI is InChI=1S/C4H6O3.O.V/c1-3(5)2-4(6)7;;/h2H2,1H3,(H,6,7);;/q;;+1/p-1. The summed E-state index contributed by atoms with van der Waals surface area (Å²) in [7, 11) is 0. The van der Waals surface area contributed by atoms with Gasteiger partial charge in [0.15, 0.2) is 0 Å². The average Bonchev–Trinajstić information content (AvgIpc) is 1.63. The van der Waals surface area contributed by atoms with Crippen molar-refractivity contribution >= 4 is 11.8 Å². The Bertz CT molecular complexity index is 142. The second kappa shape index (κ2) is 4.41. The van der Waals surface area contributed by atoms with Gasteiger partial charge in [-0.1, -0.05) is 0 Å². The maximum atomic E-state index is 10.2. The Balaban J connectivity index is 3.50. The predicted octanol–water partition coefficient (Wildman–Crippen LogP) is -0.148. The molecule has 0 unspecified atom stereocenters. The molecular formula is C4H5O4V. The van der Waals surface area contributed by atoms with Gasteiger partial charge in [-0.3, -0.25) is 0 Å². The fraction of sp³-hybridized carbons (Fsp3) is 0.500. The van der Waals surface area contributed by atoms with Crippen molar-refractivity contribution in [3.05, 3.63) is 0 Å². The molecule has 0 aliphatic rings. The zero-order valence-corrected chi connectivity index (χ0v) is 6.18. The van der Waals surface area contributed by atoms with Crippen molar-refractivity contribution in [1.29, 1.82) is 0 Å². The van der Waals surface area contributed by atoms with Gasteiger partial charge in [-0.2, -0.15) is 0 Å². The molecule has 0 atom stereocenters. The Morgan fingerprint density at radius 3 is 2.44 bits per heavy atom. The Labute approximate surface area is 59.2 Å². The average molecular weight is 168 g/mol. The molecule has 0 aromatic rings. The van der Waals surface area contributed by atoms with Crippen LogP contribution in [0.15, 0.2) is 0 Å². The molecule has 0 amide bonds. The Morgan fingerprint density at radius 1 is 1.56 bits per heavy atom. The summed E-state index contributed by atoms with van der Waals surface area (Å²) in [6.07, 6.45) is -0.280. The number of hydrogen-bond acceptors (Lipinski definition) is 4. The molecule has 0 N–H and O–H groups in total. The second-order valence-electron chi connectivity index (χ2n) is 1.42. The van der Waals surface area contributed by atoms with Crippen molar-refractivity contribution in [2.45, 2.75) is 13.3 Å². The summed E-state index contributed by atoms with van der Waals surface area (Å²) in [5.41, 5.74) is 0. The van der Waals surface area contributed by atoms with E-state index in [1.54, 1.807) is 0 Å². The van der Waals surface area contributed by atoms with Crippen LogP contribution < -0.4 is 0 Å². The molecule has 0 aromatic carbocycles. The molecule has 0 radical (unpaired) electrons. The third kappa shape index (κ3) is 5.39. The summed E-state index contributed by atoms with van der Waals surface area (Å²) in [5, 5.41) is 0. The molecule has 0 rings (SSSR count). The summed E-state index contributed by atoms with van der Waals surface area (Å²) >= 11 is -1.60. The molecular weight excluding hydrogens is 163 g/mol. The maximum absolute atomic E-state index is 10.2. The van der Waals surface area contributed by atoms with Crippen molar-refractivity contribution in [2.75, 3.05) is 0 Å². The van der Waals surface area contributed by atoms with Gasteiger partial charge in [-0.05, 0) is 0 Å². The van der Waals surface area contributed by atoms with E-state index in [0.717, 1.165) is 0 Å². The summed E-state index contributed by atoms with van der Waals surface area (Å²) in [6.45, 7) is 1.27. The van der Waals surface area contributed by atoms with Crippen LogP contribution in [0.2, 0.25) is 0 Å². The number of Topliss-reactive ketones (excluding diaryl/α,β-unsaturated/α-hetero) is 1. The van der Waals surface area contributed by atoms with Gasteiger partial charge in [-0.25, -0.2) is 0 Å². The van der Waals surface area contributed by atoms with Crippen molar-refractivity contribution in [3.63, 3.8) is 0 Å². The first-order chi connectivity index (χ1) is 4.16. The van der Waals surface area contributed by atoms with E-state index >= 15 is 0 Å². The molecule has 0 heterocycles. The van der Waals surface area contributed by atoms with Gasteiger partial charge >= 0.3 is 58.6 Å². The van der Waals surface area contributed by atoms with Crippen molar-refractivity contribution in [3.8, 4) is 0 Å². The monoisotopic (exact) mass is 168 g/mol. The van der Waals surface area contributed by atoms with E-state index in [1.165, 1.54) is 6.92 Å². The first-order valence-electron chi connectivity index (χ1n) is 2.18. The Hall–Kier alpha value is -0.476. The molecule has 0 aliphatic heterocycles. The van der Waals surface area contributed by atoms with Gasteiger partial charge < -0.3 is 0 Å². The molecule has 4 nitrogen and oxygen atoms in total. The Morgan fingerprint density at radius 2 is 2.11 bits per heavy atom. The van der Waals surface area contributed by atoms with E-state index in [1.807, 2.05) is 0 Å². The van der Waals surface area contributed by atoms with Crippen molar-refractivity contribution in [2.24, 2.45) is 0 Å². The van der Waals surface area contributed by atoms with Crippen LogP contribution in [0.4, 0.5) is 0 Å². The molecule has 0 fully saturated rings. The van der Waals surface area contributed by atoms with Crippen LogP contribution in [0.3, 0.4) is 0 Å². The van der Waals surface area contributed by atoms with Crippen LogP contribution >= 0.6 is 0 Å². The van der Waals surface area contributed by atoms with Crippen LogP contribution in [-0.4, -0.2) is 11.8 Å². The van der Waals surface area contributed by atoms with Crippen LogP contribution in [0.1, 0.15) is 13.3 Å². The van der Waals surface area contributed by atoms with Gasteiger partial charge in [-0.15, -0.1) is 0 Å². The summed E-state index contributed by atoms with van der Waals surface area (Å²) in [4.78, 5) is 20.4. The molecule has 0 saturated heterocycles. The van der Waals surface area contributed by atoms with Gasteiger partial charge in [0.05, 0.1) is 0 Å². The quantitative estimate of drug-likeness (QED) is 0.550. The number of carbonyl (C=O) groups excluding carboxylic acids is 2. The first kappa shape index (κ1) is 8.52. The van der Waals surface area contributed by atoms with E-state index < -0.39 is 22.6 Å². The minimum absolute atomic E-state index is 0.280. The van der Waals surface area contributed by atoms with Crippen molar-refractivity contribution in [1.82, 2.24) is 0 Å². The Kier molecular flexibility index (Phi) is 4.17. The van der Waals surface area contributed by atoms with Crippen molar-refractivity contribution < 1.29 is 33.5 Å². The second-order valence-corrected chi connectivity index (χ2v) is 1.93.